The van der Waals surface area contributed by atoms with Crippen LogP contribution in [0.5, 0.6) is 0 Å². The molecule has 0 aromatic carbocycles. The summed E-state index contributed by atoms with van der Waals surface area (Å²) in [5.74, 6) is -0.745. The molecule has 0 spiro atoms. The fourth-order valence-electron chi connectivity index (χ4n) is 3.92. The monoisotopic (exact) mass is 405 g/mol. The predicted molar refractivity (Wildman–Crippen MR) is 105 cm³/mol. The molecule has 2 saturated heterocycles. The number of piperidine rings is 2. The van der Waals surface area contributed by atoms with Crippen LogP contribution in [0.1, 0.15) is 32.1 Å². The number of hydrogen-bond acceptors (Lipinski definition) is 7. The molecule has 0 unspecified atom stereocenters. The van der Waals surface area contributed by atoms with Gasteiger partial charge in [0.25, 0.3) is 5.56 Å². The van der Waals surface area contributed by atoms with Gasteiger partial charge < -0.3 is 14.9 Å². The molecule has 2 aromatic rings. The average Bonchev–Trinajstić information content (AvgIpc) is 3.15. The van der Waals surface area contributed by atoms with Crippen molar-refractivity contribution >= 4 is 38.7 Å². The Balaban J connectivity index is 1.45. The van der Waals surface area contributed by atoms with E-state index in [4.69, 9.17) is 5.11 Å². The lowest BCUT2D eigenvalue weighted by atomic mass is 9.94. The second-order valence-electron chi connectivity index (χ2n) is 7.37. The minimum atomic E-state index is -1.09. The van der Waals surface area contributed by atoms with Crippen LogP contribution < -0.4 is 10.5 Å². The number of carboxylic acids is 1. The van der Waals surface area contributed by atoms with Crippen LogP contribution in [-0.4, -0.2) is 62.6 Å². The fourth-order valence-corrected chi connectivity index (χ4v) is 4.94. The molecule has 9 nitrogen and oxygen atoms in total. The van der Waals surface area contributed by atoms with Crippen LogP contribution in [0, 0.1) is 5.92 Å². The van der Waals surface area contributed by atoms with Crippen molar-refractivity contribution in [2.24, 2.45) is 5.92 Å². The SMILES string of the molecule is O=C(O)Cn1cnc2nc(N3CCC(C(=O)N4CCCCC4)CC3)sc2c1=O. The highest BCUT2D eigenvalue weighted by Gasteiger charge is 2.30. The van der Waals surface area contributed by atoms with E-state index in [1.54, 1.807) is 0 Å². The number of aromatic nitrogens is 3. The average molecular weight is 405 g/mol. The van der Waals surface area contributed by atoms with Gasteiger partial charge in [0.15, 0.2) is 10.8 Å². The lowest BCUT2D eigenvalue weighted by Gasteiger charge is -2.35. The predicted octanol–water partition coefficient (Wildman–Crippen LogP) is 1.17. The van der Waals surface area contributed by atoms with Gasteiger partial charge in [-0.05, 0) is 32.1 Å². The van der Waals surface area contributed by atoms with Crippen molar-refractivity contribution < 1.29 is 14.7 Å². The summed E-state index contributed by atoms with van der Waals surface area (Å²) in [6.07, 6.45) is 6.20. The van der Waals surface area contributed by atoms with Crippen LogP contribution in [0.15, 0.2) is 11.1 Å². The number of hydrogen-bond donors (Lipinski definition) is 1. The van der Waals surface area contributed by atoms with E-state index in [-0.39, 0.29) is 17.4 Å². The van der Waals surface area contributed by atoms with Crippen LogP contribution >= 0.6 is 11.3 Å². The maximum Gasteiger partial charge on any atom is 0.323 e. The van der Waals surface area contributed by atoms with Crippen LogP contribution in [0.4, 0.5) is 5.13 Å². The Bertz CT molecular complexity index is 941. The lowest BCUT2D eigenvalue weighted by molar-refractivity contribution is -0.138. The molecular formula is C18H23N5O4S. The normalized spacial score (nSPS) is 18.6. The Morgan fingerprint density at radius 3 is 2.54 bits per heavy atom. The third-order valence-electron chi connectivity index (χ3n) is 5.46. The first-order chi connectivity index (χ1) is 13.5. The summed E-state index contributed by atoms with van der Waals surface area (Å²) in [6.45, 7) is 2.77. The van der Waals surface area contributed by atoms with Crippen LogP contribution in [-0.2, 0) is 16.1 Å². The third kappa shape index (κ3) is 3.73. The quantitative estimate of drug-likeness (QED) is 0.813. The second-order valence-corrected chi connectivity index (χ2v) is 8.35. The molecule has 150 valence electrons. The molecule has 0 aliphatic carbocycles. The molecule has 2 fully saturated rings. The van der Waals surface area contributed by atoms with Gasteiger partial charge in [-0.3, -0.25) is 19.0 Å². The number of fused-ring (bicyclic) bond motifs is 1. The summed E-state index contributed by atoms with van der Waals surface area (Å²) in [7, 11) is 0. The number of aliphatic carboxylic acids is 1. The Morgan fingerprint density at radius 1 is 1.14 bits per heavy atom. The molecule has 0 radical (unpaired) electrons. The van der Waals surface area contributed by atoms with E-state index in [2.05, 4.69) is 14.9 Å². The Hall–Kier alpha value is -2.49. The summed E-state index contributed by atoms with van der Waals surface area (Å²) in [4.78, 5) is 48.7. The van der Waals surface area contributed by atoms with Gasteiger partial charge in [0.1, 0.15) is 17.6 Å². The van der Waals surface area contributed by atoms with Crippen molar-refractivity contribution in [2.75, 3.05) is 31.1 Å². The highest BCUT2D eigenvalue weighted by molar-refractivity contribution is 7.22. The van der Waals surface area contributed by atoms with Crippen LogP contribution in [0.3, 0.4) is 0 Å². The molecule has 1 amide bonds. The summed E-state index contributed by atoms with van der Waals surface area (Å²) >= 11 is 1.24. The number of amides is 1. The molecule has 10 heteroatoms. The van der Waals surface area contributed by atoms with Gasteiger partial charge in [0, 0.05) is 32.1 Å². The Labute approximate surface area is 165 Å². The molecule has 2 aliphatic rings. The van der Waals surface area contributed by atoms with E-state index in [0.717, 1.165) is 43.3 Å². The minimum Gasteiger partial charge on any atom is -0.480 e. The van der Waals surface area contributed by atoms with Gasteiger partial charge in [0.05, 0.1) is 0 Å². The number of carbonyl (C=O) groups excluding carboxylic acids is 1. The molecule has 0 bridgehead atoms. The molecule has 0 atom stereocenters. The number of carbonyl (C=O) groups is 2. The summed E-state index contributed by atoms with van der Waals surface area (Å²) in [5, 5.41) is 9.60. The number of thiazole rings is 1. The van der Waals surface area contributed by atoms with Crippen molar-refractivity contribution in [3.05, 3.63) is 16.7 Å². The van der Waals surface area contributed by atoms with Crippen molar-refractivity contribution in [2.45, 2.75) is 38.6 Å². The maximum absolute atomic E-state index is 12.7. The van der Waals surface area contributed by atoms with Gasteiger partial charge >= 0.3 is 5.97 Å². The zero-order chi connectivity index (χ0) is 19.7. The Kier molecular flexibility index (Phi) is 5.29. The van der Waals surface area contributed by atoms with Crippen molar-refractivity contribution in [1.29, 1.82) is 0 Å². The molecular weight excluding hydrogens is 382 g/mol. The van der Waals surface area contributed by atoms with Crippen LogP contribution in [0.25, 0.3) is 10.3 Å². The first-order valence-electron chi connectivity index (χ1n) is 9.64. The fraction of sp³-hybridized carbons (Fsp3) is 0.611. The van der Waals surface area contributed by atoms with Crippen LogP contribution in [0.2, 0.25) is 0 Å². The summed E-state index contributed by atoms with van der Waals surface area (Å²) in [5.41, 5.74) is -0.0375. The second kappa shape index (κ2) is 7.86. The molecule has 2 aromatic heterocycles. The van der Waals surface area contributed by atoms with E-state index >= 15 is 0 Å². The number of rotatable bonds is 4. The highest BCUT2D eigenvalue weighted by atomic mass is 32.1. The van der Waals surface area contributed by atoms with E-state index in [9.17, 15) is 14.4 Å². The van der Waals surface area contributed by atoms with E-state index in [1.165, 1.54) is 24.1 Å². The third-order valence-corrected chi connectivity index (χ3v) is 6.55. The van der Waals surface area contributed by atoms with Crippen molar-refractivity contribution in [1.82, 2.24) is 19.4 Å². The molecule has 1 N–H and O–H groups in total. The molecule has 28 heavy (non-hydrogen) atoms. The topological polar surface area (TPSA) is 109 Å². The number of likely N-dealkylation sites (tertiary alicyclic amines) is 1. The maximum atomic E-state index is 12.7. The molecule has 0 saturated carbocycles. The van der Waals surface area contributed by atoms with Gasteiger partial charge in [0.2, 0.25) is 5.91 Å². The first-order valence-corrected chi connectivity index (χ1v) is 10.5. The Morgan fingerprint density at radius 2 is 1.86 bits per heavy atom. The van der Waals surface area contributed by atoms with Gasteiger partial charge in [-0.25, -0.2) is 4.98 Å². The van der Waals surface area contributed by atoms with E-state index in [1.807, 2.05) is 4.90 Å². The van der Waals surface area contributed by atoms with Crippen molar-refractivity contribution in [3.8, 4) is 0 Å². The summed E-state index contributed by atoms with van der Waals surface area (Å²) in [6, 6.07) is 0. The lowest BCUT2D eigenvalue weighted by Crippen LogP contribution is -2.44. The summed E-state index contributed by atoms with van der Waals surface area (Å²) < 4.78 is 1.45. The molecule has 4 rings (SSSR count). The van der Waals surface area contributed by atoms with Gasteiger partial charge in [-0.2, -0.15) is 4.98 Å². The van der Waals surface area contributed by atoms with Crippen molar-refractivity contribution in [3.63, 3.8) is 0 Å². The first kappa shape index (κ1) is 18.9. The van der Waals surface area contributed by atoms with Gasteiger partial charge in [-0.1, -0.05) is 11.3 Å². The number of anilines is 1. The largest absolute Gasteiger partial charge is 0.480 e. The molecule has 4 heterocycles. The zero-order valence-electron chi connectivity index (χ0n) is 15.5. The minimum absolute atomic E-state index is 0.0645. The number of carboxylic acid groups (broad SMARTS) is 1. The standard InChI is InChI=1S/C18H23N5O4S/c24-13(25)10-23-11-19-15-14(17(23)27)28-18(20-15)22-8-4-12(5-9-22)16(26)21-6-2-1-3-7-21/h11-12H,1-10H2,(H,24,25). The highest BCUT2D eigenvalue weighted by Crippen LogP contribution is 2.30. The zero-order valence-corrected chi connectivity index (χ0v) is 16.4. The van der Waals surface area contributed by atoms with E-state index in [0.29, 0.717) is 28.6 Å². The molecule has 2 aliphatic heterocycles. The number of nitrogens with zero attached hydrogens (tertiary/aromatic N) is 5. The smallest absolute Gasteiger partial charge is 0.323 e. The van der Waals surface area contributed by atoms with Gasteiger partial charge in [-0.15, -0.1) is 0 Å². The van der Waals surface area contributed by atoms with E-state index < -0.39 is 12.5 Å².